The number of hydrogen-bond donors (Lipinski definition) is 2. The molecule has 1 saturated carbocycles. The van der Waals surface area contributed by atoms with Gasteiger partial charge in [-0.2, -0.15) is 5.10 Å². The van der Waals surface area contributed by atoms with Gasteiger partial charge in [0.25, 0.3) is 5.91 Å². The Bertz CT molecular complexity index is 1450. The Balaban J connectivity index is 1.45. The lowest BCUT2D eigenvalue weighted by atomic mass is 9.80. The number of fused-ring (bicyclic) bond motifs is 1. The maximum Gasteiger partial charge on any atom is 0.407 e. The Kier molecular flexibility index (Phi) is 7.97. The van der Waals surface area contributed by atoms with Crippen molar-refractivity contribution in [3.05, 3.63) is 66.4 Å². The van der Waals surface area contributed by atoms with Crippen LogP contribution in [0.5, 0.6) is 11.5 Å². The zero-order valence-electron chi connectivity index (χ0n) is 25.4. The van der Waals surface area contributed by atoms with E-state index in [1.165, 1.54) is 4.90 Å². The second kappa shape index (κ2) is 11.2. The normalized spacial score (nSPS) is 21.6. The number of likely N-dealkylation sites (tertiary alicyclic amines) is 1. The van der Waals surface area contributed by atoms with Gasteiger partial charge in [0.15, 0.2) is 5.69 Å². The highest BCUT2D eigenvalue weighted by molar-refractivity contribution is 6.76. The van der Waals surface area contributed by atoms with Crippen molar-refractivity contribution in [1.29, 1.82) is 0 Å². The van der Waals surface area contributed by atoms with Gasteiger partial charge in [-0.3, -0.25) is 4.79 Å². The van der Waals surface area contributed by atoms with E-state index in [2.05, 4.69) is 25.0 Å². The number of nitrogens with zero attached hydrogens (tertiary/aromatic N) is 3. The molecule has 10 heteroatoms. The van der Waals surface area contributed by atoms with Gasteiger partial charge >= 0.3 is 6.09 Å². The highest BCUT2D eigenvalue weighted by atomic mass is 28.3. The van der Waals surface area contributed by atoms with Crippen LogP contribution in [0.25, 0.3) is 11.3 Å². The zero-order valence-corrected chi connectivity index (χ0v) is 26.4. The Labute approximate surface area is 248 Å². The number of hydrogen-bond acceptors (Lipinski definition) is 5. The van der Waals surface area contributed by atoms with Crippen LogP contribution in [0.3, 0.4) is 0 Å². The molecule has 3 atom stereocenters. The van der Waals surface area contributed by atoms with Crippen molar-refractivity contribution in [1.82, 2.24) is 20.0 Å². The number of para-hydroxylation sites is 2. The first-order valence-electron chi connectivity index (χ1n) is 14.6. The van der Waals surface area contributed by atoms with Crippen molar-refractivity contribution < 1.29 is 24.2 Å². The van der Waals surface area contributed by atoms with Crippen molar-refractivity contribution >= 4 is 20.1 Å². The first-order valence-corrected chi connectivity index (χ1v) is 18.3. The molecule has 42 heavy (non-hydrogen) atoms. The lowest BCUT2D eigenvalue weighted by Gasteiger charge is -2.40. The molecule has 2 aromatic carbocycles. The number of nitrogens with one attached hydrogen (secondary N) is 1. The van der Waals surface area contributed by atoms with Crippen LogP contribution in [0.2, 0.25) is 25.7 Å². The smallest absolute Gasteiger partial charge is 0.407 e. The SMILES string of the molecule is CC(C)(C)C1N(C(=O)O)CC2CC21NC(=O)c1cc(-c2ccccc2Oc2ccccc2)n(COCC[Si](C)(C)C)n1. The van der Waals surface area contributed by atoms with E-state index < -0.39 is 19.7 Å². The van der Waals surface area contributed by atoms with Crippen molar-refractivity contribution in [2.45, 2.75) is 71.2 Å². The predicted octanol–water partition coefficient (Wildman–Crippen LogP) is 6.55. The molecule has 9 nitrogen and oxygen atoms in total. The van der Waals surface area contributed by atoms with E-state index in [0.29, 0.717) is 30.3 Å². The largest absolute Gasteiger partial charge is 0.465 e. The molecule has 3 aromatic rings. The van der Waals surface area contributed by atoms with E-state index in [-0.39, 0.29) is 35.7 Å². The molecule has 2 N–H and O–H groups in total. The number of carbonyl (C=O) groups is 2. The van der Waals surface area contributed by atoms with Crippen LogP contribution in [0.1, 0.15) is 37.7 Å². The summed E-state index contributed by atoms with van der Waals surface area (Å²) in [5.41, 5.74) is 0.805. The van der Waals surface area contributed by atoms with Crippen LogP contribution in [0, 0.1) is 11.3 Å². The number of ether oxygens (including phenoxy) is 2. The molecule has 0 spiro atoms. The Morgan fingerprint density at radius 1 is 1.10 bits per heavy atom. The summed E-state index contributed by atoms with van der Waals surface area (Å²) in [4.78, 5) is 27.3. The highest BCUT2D eigenvalue weighted by Crippen LogP contribution is 2.58. The topological polar surface area (TPSA) is 106 Å². The van der Waals surface area contributed by atoms with Crippen LogP contribution in [-0.2, 0) is 11.5 Å². The van der Waals surface area contributed by atoms with Crippen LogP contribution < -0.4 is 10.1 Å². The number of carboxylic acid groups (broad SMARTS) is 1. The van der Waals surface area contributed by atoms with Gasteiger partial charge in [0, 0.05) is 32.7 Å². The van der Waals surface area contributed by atoms with Crippen molar-refractivity contribution in [3.8, 4) is 22.8 Å². The maximum absolute atomic E-state index is 13.8. The van der Waals surface area contributed by atoms with E-state index in [9.17, 15) is 14.7 Å². The van der Waals surface area contributed by atoms with Gasteiger partial charge in [-0.25, -0.2) is 9.48 Å². The molecule has 1 aliphatic heterocycles. The van der Waals surface area contributed by atoms with E-state index in [1.807, 2.05) is 75.4 Å². The van der Waals surface area contributed by atoms with Gasteiger partial charge in [0.05, 0.1) is 17.3 Å². The summed E-state index contributed by atoms with van der Waals surface area (Å²) < 4.78 is 14.0. The first kappa shape index (κ1) is 29.8. The number of rotatable bonds is 10. The fraction of sp³-hybridized carbons (Fsp3) is 0.469. The molecule has 0 radical (unpaired) electrons. The molecule has 2 heterocycles. The average Bonchev–Trinajstić information content (AvgIpc) is 3.25. The Hall–Kier alpha value is -3.63. The van der Waals surface area contributed by atoms with Crippen LogP contribution in [0.4, 0.5) is 4.79 Å². The van der Waals surface area contributed by atoms with E-state index in [1.54, 1.807) is 10.7 Å². The molecule has 5 rings (SSSR count). The minimum Gasteiger partial charge on any atom is -0.465 e. The molecule has 2 aliphatic rings. The Morgan fingerprint density at radius 3 is 2.45 bits per heavy atom. The summed E-state index contributed by atoms with van der Waals surface area (Å²) in [5, 5.41) is 17.8. The molecule has 3 unspecified atom stereocenters. The summed E-state index contributed by atoms with van der Waals surface area (Å²) in [5.74, 6) is 1.12. The molecular formula is C32H42N4O5Si. The average molecular weight is 591 g/mol. The van der Waals surface area contributed by atoms with Crippen LogP contribution >= 0.6 is 0 Å². The second-order valence-corrected chi connectivity index (χ2v) is 19.4. The number of benzene rings is 2. The number of aromatic nitrogens is 2. The molecule has 0 bridgehead atoms. The molecule has 1 aliphatic carbocycles. The fourth-order valence-electron chi connectivity index (χ4n) is 6.21. The lowest BCUT2D eigenvalue weighted by molar-refractivity contribution is 0.0700. The lowest BCUT2D eigenvalue weighted by Crippen LogP contribution is -2.57. The van der Waals surface area contributed by atoms with E-state index in [4.69, 9.17) is 14.6 Å². The molecular weight excluding hydrogens is 548 g/mol. The summed E-state index contributed by atoms with van der Waals surface area (Å²) in [6.45, 7) is 14.2. The monoisotopic (exact) mass is 590 g/mol. The summed E-state index contributed by atoms with van der Waals surface area (Å²) in [7, 11) is -1.28. The van der Waals surface area contributed by atoms with Gasteiger partial charge < -0.3 is 24.8 Å². The van der Waals surface area contributed by atoms with E-state index in [0.717, 1.165) is 18.0 Å². The molecule has 1 saturated heterocycles. The third kappa shape index (κ3) is 6.24. The van der Waals surface area contributed by atoms with Crippen molar-refractivity contribution in [3.63, 3.8) is 0 Å². The number of piperidine rings is 1. The van der Waals surface area contributed by atoms with Crippen LogP contribution in [0.15, 0.2) is 60.7 Å². The van der Waals surface area contributed by atoms with E-state index >= 15 is 0 Å². The highest BCUT2D eigenvalue weighted by Gasteiger charge is 2.70. The molecule has 1 aromatic heterocycles. The summed E-state index contributed by atoms with van der Waals surface area (Å²) >= 11 is 0. The molecule has 2 amide bonds. The maximum atomic E-state index is 13.8. The minimum absolute atomic E-state index is 0.0910. The van der Waals surface area contributed by atoms with Crippen molar-refractivity contribution in [2.24, 2.45) is 11.3 Å². The van der Waals surface area contributed by atoms with Gasteiger partial charge in [0.1, 0.15) is 18.2 Å². The standard InChI is InChI=1S/C32H42N4O5Si/c1-31(2,3)29-32(19-22(32)20-35(29)30(38)39)33-28(37)25-18-26(36(34-25)21-40-16-17-42(4,5)6)24-14-10-11-15-27(24)41-23-12-8-7-9-13-23/h7-15,18,22,29H,16-17,19-21H2,1-6H3,(H,33,37)(H,38,39). The van der Waals surface area contributed by atoms with Crippen LogP contribution in [-0.4, -0.2) is 64.6 Å². The van der Waals surface area contributed by atoms with Gasteiger partial charge in [0.2, 0.25) is 0 Å². The number of amides is 2. The Morgan fingerprint density at radius 2 is 1.79 bits per heavy atom. The third-order valence-corrected chi connectivity index (χ3v) is 9.84. The second-order valence-electron chi connectivity index (χ2n) is 13.8. The van der Waals surface area contributed by atoms with Gasteiger partial charge in [-0.15, -0.1) is 0 Å². The quantitative estimate of drug-likeness (QED) is 0.205. The van der Waals surface area contributed by atoms with Gasteiger partial charge in [-0.1, -0.05) is 70.7 Å². The summed E-state index contributed by atoms with van der Waals surface area (Å²) in [6, 6.07) is 19.7. The number of carbonyl (C=O) groups excluding carboxylic acids is 1. The van der Waals surface area contributed by atoms with Gasteiger partial charge in [-0.05, 0) is 48.2 Å². The summed E-state index contributed by atoms with van der Waals surface area (Å²) in [6.07, 6.45) is -0.196. The predicted molar refractivity (Wildman–Crippen MR) is 165 cm³/mol. The van der Waals surface area contributed by atoms with Crippen molar-refractivity contribution in [2.75, 3.05) is 13.2 Å². The molecule has 2 fully saturated rings. The minimum atomic E-state index is -1.28. The zero-order chi connectivity index (χ0) is 30.3. The third-order valence-electron chi connectivity index (χ3n) is 8.14. The fourth-order valence-corrected chi connectivity index (χ4v) is 6.97. The first-order chi connectivity index (χ1) is 19.8. The molecule has 224 valence electrons.